The Morgan fingerprint density at radius 1 is 1.32 bits per heavy atom. The first kappa shape index (κ1) is 17.0. The van der Waals surface area contributed by atoms with E-state index in [-0.39, 0.29) is 30.7 Å². The van der Waals surface area contributed by atoms with E-state index in [0.717, 1.165) is 12.2 Å². The number of aryl methyl sites for hydroxylation is 1. The van der Waals surface area contributed by atoms with Gasteiger partial charge in [0.15, 0.2) is 9.84 Å². The number of pyridine rings is 1. The number of likely N-dealkylation sites (tertiary alicyclic amines) is 1. The molecule has 0 bridgehead atoms. The summed E-state index contributed by atoms with van der Waals surface area (Å²) < 4.78 is 30.2. The second-order valence-corrected chi connectivity index (χ2v) is 10.2. The fourth-order valence-corrected chi connectivity index (χ4v) is 6.33. The highest BCUT2D eigenvalue weighted by molar-refractivity contribution is 7.93. The molecule has 1 atom stereocenters. The highest BCUT2D eigenvalue weighted by atomic mass is 32.2. The molecule has 3 fully saturated rings. The van der Waals surface area contributed by atoms with E-state index < -0.39 is 14.6 Å². The Morgan fingerprint density at radius 2 is 2.08 bits per heavy atom. The summed E-state index contributed by atoms with van der Waals surface area (Å²) in [7, 11) is -3.19. The van der Waals surface area contributed by atoms with Crippen LogP contribution in [0.15, 0.2) is 18.3 Å². The number of aromatic nitrogens is 1. The number of nitrogens with zero attached hydrogens (tertiary/aromatic N) is 2. The molecule has 136 valence electrons. The average Bonchev–Trinajstić information content (AvgIpc) is 3.30. The van der Waals surface area contributed by atoms with Crippen LogP contribution in [-0.2, 0) is 14.6 Å². The van der Waals surface area contributed by atoms with Crippen molar-refractivity contribution in [2.75, 3.05) is 32.1 Å². The lowest BCUT2D eigenvalue weighted by atomic mass is 9.83. The SMILES string of the molecule is Cc1ccnc(C(=O)N2CC3(C2)[C@H](COCC2CC2)CCS3(=O)=O)c1. The van der Waals surface area contributed by atoms with Gasteiger partial charge in [-0.25, -0.2) is 8.42 Å². The maximum Gasteiger partial charge on any atom is 0.272 e. The maximum absolute atomic E-state index is 12.6. The summed E-state index contributed by atoms with van der Waals surface area (Å²) in [5, 5.41) is 0. The largest absolute Gasteiger partial charge is 0.381 e. The van der Waals surface area contributed by atoms with E-state index in [1.165, 1.54) is 12.8 Å². The van der Waals surface area contributed by atoms with Crippen molar-refractivity contribution in [2.45, 2.75) is 30.9 Å². The van der Waals surface area contributed by atoms with Gasteiger partial charge in [0.1, 0.15) is 10.4 Å². The average molecular weight is 364 g/mol. The van der Waals surface area contributed by atoms with E-state index in [9.17, 15) is 13.2 Å². The van der Waals surface area contributed by atoms with E-state index in [4.69, 9.17) is 4.74 Å². The molecule has 0 radical (unpaired) electrons. The van der Waals surface area contributed by atoms with E-state index in [0.29, 0.717) is 24.6 Å². The first-order valence-electron chi connectivity index (χ1n) is 8.93. The van der Waals surface area contributed by atoms with Crippen molar-refractivity contribution in [2.24, 2.45) is 11.8 Å². The van der Waals surface area contributed by atoms with Gasteiger partial charge in [-0.05, 0) is 49.8 Å². The molecule has 7 heteroatoms. The predicted molar refractivity (Wildman–Crippen MR) is 93.0 cm³/mol. The molecule has 3 aliphatic rings. The van der Waals surface area contributed by atoms with E-state index in [2.05, 4.69) is 4.98 Å². The lowest BCUT2D eigenvalue weighted by Gasteiger charge is -2.49. The normalized spacial score (nSPS) is 26.6. The summed E-state index contributed by atoms with van der Waals surface area (Å²) in [6, 6.07) is 3.58. The van der Waals surface area contributed by atoms with E-state index >= 15 is 0 Å². The summed E-state index contributed by atoms with van der Waals surface area (Å²) in [5.74, 6) is 0.676. The standard InChI is InChI=1S/C18H24N2O4S/c1-13-4-6-19-16(8-13)17(21)20-11-18(12-20)15(5-7-25(18,22)23)10-24-9-14-2-3-14/h4,6,8,14-15H,2-3,5,7,9-12H2,1H3/t15-/m0/s1. The first-order valence-corrected chi connectivity index (χ1v) is 10.6. The number of sulfone groups is 1. The van der Waals surface area contributed by atoms with Crippen LogP contribution in [-0.4, -0.2) is 61.0 Å². The number of hydrogen-bond donors (Lipinski definition) is 0. The van der Waals surface area contributed by atoms with Crippen LogP contribution < -0.4 is 0 Å². The molecule has 1 aliphatic carbocycles. The molecule has 1 saturated carbocycles. The zero-order chi connectivity index (χ0) is 17.7. The Labute approximate surface area is 148 Å². The van der Waals surface area contributed by atoms with Gasteiger partial charge in [-0.15, -0.1) is 0 Å². The molecular formula is C18H24N2O4S. The second kappa shape index (κ2) is 6.06. The second-order valence-electron chi connectivity index (χ2n) is 7.73. The number of rotatable bonds is 5. The monoisotopic (exact) mass is 364 g/mol. The third-order valence-electron chi connectivity index (χ3n) is 5.81. The number of carbonyl (C=O) groups is 1. The van der Waals surface area contributed by atoms with Gasteiger partial charge in [-0.2, -0.15) is 0 Å². The van der Waals surface area contributed by atoms with Crippen molar-refractivity contribution in [1.29, 1.82) is 0 Å². The molecule has 4 rings (SSSR count). The van der Waals surface area contributed by atoms with Gasteiger partial charge >= 0.3 is 0 Å². The van der Waals surface area contributed by atoms with Gasteiger partial charge in [0.05, 0.1) is 12.4 Å². The highest BCUT2D eigenvalue weighted by Crippen LogP contribution is 2.45. The Hall–Kier alpha value is -1.47. The fourth-order valence-electron chi connectivity index (χ4n) is 3.93. The highest BCUT2D eigenvalue weighted by Gasteiger charge is 2.62. The molecule has 0 unspecified atom stereocenters. The Kier molecular flexibility index (Phi) is 4.11. The number of amides is 1. The topological polar surface area (TPSA) is 76.6 Å². The van der Waals surface area contributed by atoms with Crippen molar-refractivity contribution in [3.8, 4) is 0 Å². The third kappa shape index (κ3) is 2.97. The van der Waals surface area contributed by atoms with E-state index in [1.807, 2.05) is 13.0 Å². The minimum Gasteiger partial charge on any atom is -0.381 e. The predicted octanol–water partition coefficient (Wildman–Crippen LogP) is 1.45. The lowest BCUT2D eigenvalue weighted by Crippen LogP contribution is -2.68. The van der Waals surface area contributed by atoms with Crippen LogP contribution in [0.25, 0.3) is 0 Å². The number of carbonyl (C=O) groups excluding carboxylic acids is 1. The Morgan fingerprint density at radius 3 is 2.76 bits per heavy atom. The molecule has 0 aromatic carbocycles. The van der Waals surface area contributed by atoms with Crippen LogP contribution in [0.3, 0.4) is 0 Å². The van der Waals surface area contributed by atoms with Crippen LogP contribution in [0.5, 0.6) is 0 Å². The quantitative estimate of drug-likeness (QED) is 0.790. The lowest BCUT2D eigenvalue weighted by molar-refractivity contribution is 0.0225. The third-order valence-corrected chi connectivity index (χ3v) is 8.41. The molecular weight excluding hydrogens is 340 g/mol. The molecule has 1 aromatic heterocycles. The minimum absolute atomic E-state index is 0.00855. The molecule has 25 heavy (non-hydrogen) atoms. The van der Waals surface area contributed by atoms with Gasteiger partial charge in [-0.3, -0.25) is 9.78 Å². The van der Waals surface area contributed by atoms with Crippen molar-refractivity contribution in [1.82, 2.24) is 9.88 Å². The maximum atomic E-state index is 12.6. The summed E-state index contributed by atoms with van der Waals surface area (Å²) in [6.45, 7) is 3.66. The molecule has 2 saturated heterocycles. The van der Waals surface area contributed by atoms with Gasteiger partial charge in [0, 0.05) is 31.8 Å². The van der Waals surface area contributed by atoms with Crippen LogP contribution >= 0.6 is 0 Å². The molecule has 1 aromatic rings. The zero-order valence-electron chi connectivity index (χ0n) is 14.5. The van der Waals surface area contributed by atoms with Crippen molar-refractivity contribution >= 4 is 15.7 Å². The van der Waals surface area contributed by atoms with Crippen molar-refractivity contribution in [3.63, 3.8) is 0 Å². The van der Waals surface area contributed by atoms with Crippen molar-refractivity contribution in [3.05, 3.63) is 29.6 Å². The minimum atomic E-state index is -3.19. The molecule has 1 spiro atoms. The van der Waals surface area contributed by atoms with E-state index in [1.54, 1.807) is 17.2 Å². The summed E-state index contributed by atoms with van der Waals surface area (Å²) in [5.41, 5.74) is 1.35. The fraction of sp³-hybridized carbons (Fsp3) is 0.667. The molecule has 1 amide bonds. The van der Waals surface area contributed by atoms with Gasteiger partial charge < -0.3 is 9.64 Å². The Bertz CT molecular complexity index is 782. The summed E-state index contributed by atoms with van der Waals surface area (Å²) in [4.78, 5) is 18.3. The van der Waals surface area contributed by atoms with Crippen molar-refractivity contribution < 1.29 is 17.9 Å². The number of hydrogen-bond acceptors (Lipinski definition) is 5. The summed E-state index contributed by atoms with van der Waals surface area (Å²) in [6.07, 6.45) is 4.69. The number of ether oxygens (including phenoxy) is 1. The van der Waals surface area contributed by atoms with Crippen LogP contribution in [0.2, 0.25) is 0 Å². The smallest absolute Gasteiger partial charge is 0.272 e. The Balaban J connectivity index is 1.44. The molecule has 0 N–H and O–H groups in total. The summed E-state index contributed by atoms with van der Waals surface area (Å²) >= 11 is 0. The van der Waals surface area contributed by atoms with Crippen LogP contribution in [0.4, 0.5) is 0 Å². The molecule has 6 nitrogen and oxygen atoms in total. The first-order chi connectivity index (χ1) is 11.9. The molecule has 2 aliphatic heterocycles. The molecule has 3 heterocycles. The van der Waals surface area contributed by atoms with Crippen LogP contribution in [0.1, 0.15) is 35.3 Å². The van der Waals surface area contributed by atoms with Gasteiger partial charge in [0.2, 0.25) is 0 Å². The van der Waals surface area contributed by atoms with Gasteiger partial charge in [-0.1, -0.05) is 0 Å². The zero-order valence-corrected chi connectivity index (χ0v) is 15.3. The van der Waals surface area contributed by atoms with Crippen LogP contribution in [0, 0.1) is 18.8 Å². The van der Waals surface area contributed by atoms with Gasteiger partial charge in [0.25, 0.3) is 5.91 Å².